The van der Waals surface area contributed by atoms with E-state index < -0.39 is 5.97 Å². The Morgan fingerprint density at radius 1 is 0.875 bits per heavy atom. The van der Waals surface area contributed by atoms with Gasteiger partial charge in [0.2, 0.25) is 0 Å². The number of carbonyl (C=O) groups is 1. The fraction of sp³-hybridized carbons (Fsp3) is 0. The minimum absolute atomic E-state index is 0.272. The van der Waals surface area contributed by atoms with Crippen molar-refractivity contribution in [3.05, 3.63) is 93.9 Å². The minimum atomic E-state index is -0.947. The van der Waals surface area contributed by atoms with Crippen LogP contribution in [0.2, 0.25) is 0 Å². The average Bonchev–Trinajstić information content (AvgIpc) is 2.59. The van der Waals surface area contributed by atoms with E-state index in [1.165, 1.54) is 0 Å². The first-order chi connectivity index (χ1) is 11.6. The van der Waals surface area contributed by atoms with Gasteiger partial charge < -0.3 is 9.84 Å². The SMILES string of the molecule is C=c1ccc2c(c1)Oc1ccccc1C=2c1ccccc1C(=O)O. The summed E-state index contributed by atoms with van der Waals surface area (Å²) in [5, 5.41) is 11.3. The Labute approximate surface area is 138 Å². The summed E-state index contributed by atoms with van der Waals surface area (Å²) < 4.78 is 6.00. The van der Waals surface area contributed by atoms with Crippen LogP contribution < -0.4 is 15.2 Å². The molecule has 1 aliphatic rings. The summed E-state index contributed by atoms with van der Waals surface area (Å²) in [5.41, 5.74) is 2.70. The largest absolute Gasteiger partial charge is 0.478 e. The van der Waals surface area contributed by atoms with Gasteiger partial charge >= 0.3 is 5.97 Å². The lowest BCUT2D eigenvalue weighted by atomic mass is 9.90. The number of rotatable bonds is 2. The summed E-state index contributed by atoms with van der Waals surface area (Å²) in [5.74, 6) is 0.458. The molecule has 116 valence electrons. The summed E-state index contributed by atoms with van der Waals surface area (Å²) in [6, 6.07) is 20.4. The van der Waals surface area contributed by atoms with Crippen molar-refractivity contribution in [1.29, 1.82) is 0 Å². The van der Waals surface area contributed by atoms with E-state index in [0.717, 1.165) is 21.6 Å². The Morgan fingerprint density at radius 3 is 2.38 bits per heavy atom. The third-order valence-corrected chi connectivity index (χ3v) is 4.12. The Hall–Kier alpha value is -3.33. The fourth-order valence-corrected chi connectivity index (χ4v) is 3.06. The molecule has 1 N–H and O–H groups in total. The van der Waals surface area contributed by atoms with Crippen molar-refractivity contribution < 1.29 is 14.6 Å². The van der Waals surface area contributed by atoms with Crippen LogP contribution in [0.15, 0.2) is 66.7 Å². The molecule has 0 atom stereocenters. The number of carboxylic acids is 1. The topological polar surface area (TPSA) is 46.5 Å². The van der Waals surface area contributed by atoms with E-state index in [9.17, 15) is 9.90 Å². The highest BCUT2D eigenvalue weighted by atomic mass is 16.5. The standard InChI is InChI=1S/C21H14O3/c1-13-10-11-17-19(12-13)24-18-9-5-4-8-16(18)20(17)14-6-2-3-7-15(14)21(22)23/h2-12H,1H2,(H,22,23). The van der Waals surface area contributed by atoms with Crippen molar-refractivity contribution in [2.45, 2.75) is 0 Å². The molecule has 0 radical (unpaired) electrons. The van der Waals surface area contributed by atoms with Crippen LogP contribution in [0.4, 0.5) is 0 Å². The number of fused-ring (bicyclic) bond motifs is 2. The van der Waals surface area contributed by atoms with Gasteiger partial charge in [-0.1, -0.05) is 55.1 Å². The Balaban J connectivity index is 2.17. The van der Waals surface area contributed by atoms with E-state index in [0.29, 0.717) is 17.1 Å². The summed E-state index contributed by atoms with van der Waals surface area (Å²) in [6.07, 6.45) is 0. The number of hydrogen-bond donors (Lipinski definition) is 1. The molecule has 4 rings (SSSR count). The quantitative estimate of drug-likeness (QED) is 0.618. The van der Waals surface area contributed by atoms with Crippen LogP contribution in [0.1, 0.15) is 21.5 Å². The fourth-order valence-electron chi connectivity index (χ4n) is 3.06. The van der Waals surface area contributed by atoms with Crippen LogP contribution in [-0.2, 0) is 0 Å². The van der Waals surface area contributed by atoms with Crippen molar-refractivity contribution >= 4 is 18.1 Å². The molecule has 3 nitrogen and oxygen atoms in total. The summed E-state index contributed by atoms with van der Waals surface area (Å²) in [7, 11) is 0. The number of benzene rings is 3. The van der Waals surface area contributed by atoms with Crippen LogP contribution in [0.5, 0.6) is 11.5 Å². The van der Waals surface area contributed by atoms with Crippen LogP contribution in [0.3, 0.4) is 0 Å². The first-order valence-electron chi connectivity index (χ1n) is 7.58. The van der Waals surface area contributed by atoms with E-state index in [4.69, 9.17) is 4.74 Å². The molecular weight excluding hydrogens is 300 g/mol. The number of carboxylic acid groups (broad SMARTS) is 1. The Morgan fingerprint density at radius 2 is 1.58 bits per heavy atom. The zero-order valence-electron chi connectivity index (χ0n) is 12.8. The first kappa shape index (κ1) is 14.3. The molecule has 24 heavy (non-hydrogen) atoms. The van der Waals surface area contributed by atoms with Gasteiger partial charge in [0.15, 0.2) is 0 Å². The highest BCUT2D eigenvalue weighted by Crippen LogP contribution is 2.36. The van der Waals surface area contributed by atoms with Gasteiger partial charge in [-0.3, -0.25) is 0 Å². The number of para-hydroxylation sites is 1. The Bertz CT molecular complexity index is 1080. The van der Waals surface area contributed by atoms with Crippen molar-refractivity contribution in [2.24, 2.45) is 0 Å². The van der Waals surface area contributed by atoms with Crippen molar-refractivity contribution in [2.75, 3.05) is 0 Å². The minimum Gasteiger partial charge on any atom is -0.478 e. The molecule has 3 heteroatoms. The molecular formula is C21H14O3. The first-order valence-corrected chi connectivity index (χ1v) is 7.58. The molecule has 0 fully saturated rings. The molecule has 0 spiro atoms. The third kappa shape index (κ3) is 2.18. The lowest BCUT2D eigenvalue weighted by Gasteiger charge is -2.21. The lowest BCUT2D eigenvalue weighted by molar-refractivity contribution is 0.0696. The predicted molar refractivity (Wildman–Crippen MR) is 92.7 cm³/mol. The van der Waals surface area contributed by atoms with E-state index in [1.807, 2.05) is 54.6 Å². The molecule has 3 aromatic carbocycles. The zero-order chi connectivity index (χ0) is 16.7. The van der Waals surface area contributed by atoms with E-state index >= 15 is 0 Å². The summed E-state index contributed by atoms with van der Waals surface area (Å²) >= 11 is 0. The summed E-state index contributed by atoms with van der Waals surface area (Å²) in [4.78, 5) is 11.7. The number of ether oxygens (including phenoxy) is 1. The molecule has 0 aromatic heterocycles. The second kappa shape index (κ2) is 5.39. The predicted octanol–water partition coefficient (Wildman–Crippen LogP) is 3.15. The van der Waals surface area contributed by atoms with E-state index in [-0.39, 0.29) is 5.56 Å². The van der Waals surface area contributed by atoms with Gasteiger partial charge in [0.05, 0.1) is 5.56 Å². The second-order valence-electron chi connectivity index (χ2n) is 5.65. The van der Waals surface area contributed by atoms with Crippen LogP contribution >= 0.6 is 0 Å². The second-order valence-corrected chi connectivity index (χ2v) is 5.65. The van der Waals surface area contributed by atoms with Crippen molar-refractivity contribution in [3.63, 3.8) is 0 Å². The average molecular weight is 314 g/mol. The van der Waals surface area contributed by atoms with Crippen LogP contribution in [-0.4, -0.2) is 11.1 Å². The molecule has 3 aromatic rings. The van der Waals surface area contributed by atoms with Gasteiger partial charge in [0, 0.05) is 16.4 Å². The van der Waals surface area contributed by atoms with Gasteiger partial charge in [-0.15, -0.1) is 0 Å². The molecule has 0 saturated heterocycles. The highest BCUT2D eigenvalue weighted by molar-refractivity contribution is 5.98. The molecule has 0 aliphatic carbocycles. The molecule has 1 aliphatic heterocycles. The maximum atomic E-state index is 11.7. The maximum absolute atomic E-state index is 11.7. The molecule has 0 unspecified atom stereocenters. The van der Waals surface area contributed by atoms with Gasteiger partial charge in [-0.25, -0.2) is 4.79 Å². The van der Waals surface area contributed by atoms with Gasteiger partial charge in [-0.05, 0) is 29.0 Å². The zero-order valence-corrected chi connectivity index (χ0v) is 12.8. The highest BCUT2D eigenvalue weighted by Gasteiger charge is 2.22. The summed E-state index contributed by atoms with van der Waals surface area (Å²) in [6.45, 7) is 3.94. The smallest absolute Gasteiger partial charge is 0.336 e. The van der Waals surface area contributed by atoms with Crippen LogP contribution in [0.25, 0.3) is 12.2 Å². The van der Waals surface area contributed by atoms with Crippen LogP contribution in [0, 0.1) is 0 Å². The third-order valence-electron chi connectivity index (χ3n) is 4.12. The molecule has 1 heterocycles. The molecule has 0 amide bonds. The van der Waals surface area contributed by atoms with Gasteiger partial charge in [0.1, 0.15) is 11.5 Å². The van der Waals surface area contributed by atoms with Crippen molar-refractivity contribution in [3.8, 4) is 11.5 Å². The number of aromatic carboxylic acids is 1. The number of hydrogen-bond acceptors (Lipinski definition) is 2. The maximum Gasteiger partial charge on any atom is 0.336 e. The van der Waals surface area contributed by atoms with E-state index in [1.54, 1.807) is 12.1 Å². The van der Waals surface area contributed by atoms with Gasteiger partial charge in [-0.2, -0.15) is 0 Å². The molecule has 0 saturated carbocycles. The molecule has 0 bridgehead atoms. The monoisotopic (exact) mass is 314 g/mol. The normalized spacial score (nSPS) is 12.1. The Kier molecular flexibility index (Phi) is 3.21. The van der Waals surface area contributed by atoms with Crippen molar-refractivity contribution in [1.82, 2.24) is 0 Å². The van der Waals surface area contributed by atoms with E-state index in [2.05, 4.69) is 6.58 Å². The lowest BCUT2D eigenvalue weighted by Crippen LogP contribution is -2.20. The van der Waals surface area contributed by atoms with Gasteiger partial charge in [0.25, 0.3) is 0 Å².